The third-order valence-corrected chi connectivity index (χ3v) is 4.43. The second kappa shape index (κ2) is 7.87. The van der Waals surface area contributed by atoms with Gasteiger partial charge in [0, 0.05) is 35.6 Å². The highest BCUT2D eigenvalue weighted by atomic mass is 16.5. The first kappa shape index (κ1) is 17.7. The number of carboxylic acid groups (broad SMARTS) is 1. The molecule has 3 rings (SSSR count). The maximum atomic E-state index is 11.9. The number of carbonyl (C=O) groups excluding carboxylic acids is 1. The molecule has 0 spiro atoms. The van der Waals surface area contributed by atoms with E-state index >= 15 is 0 Å². The number of rotatable bonds is 7. The molecule has 3 aromatic rings. The van der Waals surface area contributed by atoms with Crippen LogP contribution in [0.15, 0.2) is 54.7 Å². The Morgan fingerprint density at radius 2 is 1.85 bits per heavy atom. The van der Waals surface area contributed by atoms with E-state index in [2.05, 4.69) is 22.9 Å². The SMILES string of the molecule is COC(=O)c1ccc2c(-c3ccccc3)cn(CCCCC(=O)O)c2c1. The number of carbonyl (C=O) groups is 2. The zero-order valence-corrected chi connectivity index (χ0v) is 14.6. The first-order valence-corrected chi connectivity index (χ1v) is 8.58. The van der Waals surface area contributed by atoms with Crippen LogP contribution in [-0.2, 0) is 16.1 Å². The van der Waals surface area contributed by atoms with Gasteiger partial charge in [-0.1, -0.05) is 36.4 Å². The molecule has 5 heteroatoms. The van der Waals surface area contributed by atoms with Gasteiger partial charge in [-0.25, -0.2) is 4.79 Å². The van der Waals surface area contributed by atoms with Crippen molar-refractivity contribution in [2.24, 2.45) is 0 Å². The lowest BCUT2D eigenvalue weighted by Gasteiger charge is -2.06. The lowest BCUT2D eigenvalue weighted by molar-refractivity contribution is -0.137. The molecule has 0 fully saturated rings. The minimum absolute atomic E-state index is 0.165. The van der Waals surface area contributed by atoms with Crippen LogP contribution in [0, 0.1) is 0 Å². The van der Waals surface area contributed by atoms with Gasteiger partial charge in [-0.2, -0.15) is 0 Å². The minimum atomic E-state index is -0.777. The first-order valence-electron chi connectivity index (χ1n) is 8.58. The Kier molecular flexibility index (Phi) is 5.37. The number of aryl methyl sites for hydroxylation is 1. The van der Waals surface area contributed by atoms with Crippen LogP contribution in [0.2, 0.25) is 0 Å². The normalized spacial score (nSPS) is 10.8. The molecule has 0 saturated heterocycles. The zero-order chi connectivity index (χ0) is 18.5. The molecule has 0 amide bonds. The lowest BCUT2D eigenvalue weighted by atomic mass is 10.0. The second-order valence-electron chi connectivity index (χ2n) is 6.18. The smallest absolute Gasteiger partial charge is 0.337 e. The summed E-state index contributed by atoms with van der Waals surface area (Å²) in [5, 5.41) is 9.86. The molecule has 0 saturated carbocycles. The summed E-state index contributed by atoms with van der Waals surface area (Å²) in [5.74, 6) is -1.15. The maximum absolute atomic E-state index is 11.9. The molecule has 0 radical (unpaired) electrons. The third-order valence-electron chi connectivity index (χ3n) is 4.43. The van der Waals surface area contributed by atoms with Gasteiger partial charge in [0.1, 0.15) is 0 Å². The number of benzene rings is 2. The van der Waals surface area contributed by atoms with Gasteiger partial charge >= 0.3 is 11.9 Å². The van der Waals surface area contributed by atoms with E-state index in [1.807, 2.05) is 30.3 Å². The van der Waals surface area contributed by atoms with Gasteiger partial charge < -0.3 is 14.4 Å². The standard InChI is InChI=1S/C21H21NO4/c1-26-21(25)16-10-11-17-18(15-7-3-2-4-8-15)14-22(19(17)13-16)12-6-5-9-20(23)24/h2-4,7-8,10-11,13-14H,5-6,9,12H2,1H3,(H,23,24). The maximum Gasteiger partial charge on any atom is 0.337 e. The van der Waals surface area contributed by atoms with E-state index in [4.69, 9.17) is 9.84 Å². The fraction of sp³-hybridized carbons (Fsp3) is 0.238. The van der Waals surface area contributed by atoms with E-state index in [9.17, 15) is 9.59 Å². The summed E-state index contributed by atoms with van der Waals surface area (Å²) in [6, 6.07) is 15.6. The number of aromatic nitrogens is 1. The molecule has 0 aliphatic heterocycles. The number of nitrogens with zero attached hydrogens (tertiary/aromatic N) is 1. The predicted octanol–water partition coefficient (Wildman–Crippen LogP) is 4.35. The van der Waals surface area contributed by atoms with Crippen molar-refractivity contribution in [2.75, 3.05) is 7.11 Å². The summed E-state index contributed by atoms with van der Waals surface area (Å²) in [4.78, 5) is 22.6. The zero-order valence-electron chi connectivity index (χ0n) is 14.6. The molecule has 0 aliphatic carbocycles. The van der Waals surface area contributed by atoms with Crippen LogP contribution in [0.3, 0.4) is 0 Å². The highest BCUT2D eigenvalue weighted by molar-refractivity contribution is 6.00. The molecule has 5 nitrogen and oxygen atoms in total. The van der Waals surface area contributed by atoms with Gasteiger partial charge in [-0.05, 0) is 30.5 Å². The Morgan fingerprint density at radius 1 is 1.08 bits per heavy atom. The van der Waals surface area contributed by atoms with E-state index in [1.54, 1.807) is 6.07 Å². The number of methoxy groups -OCH3 is 1. The number of unbranched alkanes of at least 4 members (excludes halogenated alkanes) is 1. The van der Waals surface area contributed by atoms with Crippen molar-refractivity contribution in [3.63, 3.8) is 0 Å². The highest BCUT2D eigenvalue weighted by Gasteiger charge is 2.14. The molecule has 0 unspecified atom stereocenters. The van der Waals surface area contributed by atoms with Gasteiger partial charge in [-0.15, -0.1) is 0 Å². The molecule has 134 valence electrons. The number of hydrogen-bond acceptors (Lipinski definition) is 3. The molecule has 1 aromatic heterocycles. The van der Waals surface area contributed by atoms with E-state index in [0.717, 1.165) is 28.5 Å². The largest absolute Gasteiger partial charge is 0.481 e. The molecule has 2 aromatic carbocycles. The molecular formula is C21H21NO4. The fourth-order valence-electron chi connectivity index (χ4n) is 3.13. The van der Waals surface area contributed by atoms with E-state index in [0.29, 0.717) is 18.5 Å². The minimum Gasteiger partial charge on any atom is -0.481 e. The van der Waals surface area contributed by atoms with Crippen molar-refractivity contribution in [1.29, 1.82) is 0 Å². The topological polar surface area (TPSA) is 68.5 Å². The third kappa shape index (κ3) is 3.77. The van der Waals surface area contributed by atoms with Crippen LogP contribution in [0.1, 0.15) is 29.6 Å². The van der Waals surface area contributed by atoms with Gasteiger partial charge in [0.05, 0.1) is 12.7 Å². The Labute approximate surface area is 151 Å². The number of fused-ring (bicyclic) bond motifs is 1. The number of carboxylic acids is 1. The van der Waals surface area contributed by atoms with Crippen LogP contribution in [-0.4, -0.2) is 28.7 Å². The summed E-state index contributed by atoms with van der Waals surface area (Å²) in [7, 11) is 1.37. The summed E-state index contributed by atoms with van der Waals surface area (Å²) in [6.45, 7) is 0.696. The number of hydrogen-bond donors (Lipinski definition) is 1. The average Bonchev–Trinajstić information content (AvgIpc) is 3.03. The number of ether oxygens (including phenoxy) is 1. The average molecular weight is 351 g/mol. The lowest BCUT2D eigenvalue weighted by Crippen LogP contribution is -2.02. The fourth-order valence-corrected chi connectivity index (χ4v) is 3.13. The quantitative estimate of drug-likeness (QED) is 0.507. The van der Waals surface area contributed by atoms with Gasteiger partial charge in [0.2, 0.25) is 0 Å². The summed E-state index contributed by atoms with van der Waals surface area (Å²) >= 11 is 0. The van der Waals surface area contributed by atoms with Crippen LogP contribution in [0.4, 0.5) is 0 Å². The molecular weight excluding hydrogens is 330 g/mol. The Morgan fingerprint density at radius 3 is 2.54 bits per heavy atom. The van der Waals surface area contributed by atoms with Crippen molar-refractivity contribution in [2.45, 2.75) is 25.8 Å². The van der Waals surface area contributed by atoms with Crippen LogP contribution in [0.5, 0.6) is 0 Å². The number of esters is 1. The Hall–Kier alpha value is -3.08. The molecule has 1 N–H and O–H groups in total. The van der Waals surface area contributed by atoms with Gasteiger partial charge in [-0.3, -0.25) is 4.79 Å². The van der Waals surface area contributed by atoms with E-state index in [-0.39, 0.29) is 12.4 Å². The summed E-state index contributed by atoms with van der Waals surface area (Å²) in [6.07, 6.45) is 3.61. The van der Waals surface area contributed by atoms with Crippen molar-refractivity contribution in [3.8, 4) is 11.1 Å². The molecule has 0 atom stereocenters. The van der Waals surface area contributed by atoms with Gasteiger partial charge in [0.25, 0.3) is 0 Å². The molecule has 1 heterocycles. The van der Waals surface area contributed by atoms with E-state index in [1.165, 1.54) is 7.11 Å². The van der Waals surface area contributed by atoms with E-state index < -0.39 is 5.97 Å². The Balaban J connectivity index is 2.00. The molecule has 0 aliphatic rings. The monoisotopic (exact) mass is 351 g/mol. The number of aliphatic carboxylic acids is 1. The first-order chi connectivity index (χ1) is 12.6. The molecule has 0 bridgehead atoms. The summed E-state index contributed by atoms with van der Waals surface area (Å²) < 4.78 is 6.92. The van der Waals surface area contributed by atoms with Crippen molar-refractivity contribution >= 4 is 22.8 Å². The van der Waals surface area contributed by atoms with Crippen LogP contribution in [0.25, 0.3) is 22.0 Å². The summed E-state index contributed by atoms with van der Waals surface area (Å²) in [5.41, 5.74) is 3.65. The van der Waals surface area contributed by atoms with Crippen LogP contribution >= 0.6 is 0 Å². The predicted molar refractivity (Wildman–Crippen MR) is 100 cm³/mol. The van der Waals surface area contributed by atoms with Crippen molar-refractivity contribution < 1.29 is 19.4 Å². The van der Waals surface area contributed by atoms with Crippen molar-refractivity contribution in [1.82, 2.24) is 4.57 Å². The Bertz CT molecular complexity index is 928. The van der Waals surface area contributed by atoms with Gasteiger partial charge in [0.15, 0.2) is 0 Å². The van der Waals surface area contributed by atoms with Crippen LogP contribution < -0.4 is 0 Å². The highest BCUT2D eigenvalue weighted by Crippen LogP contribution is 2.31. The second-order valence-corrected chi connectivity index (χ2v) is 6.18. The van der Waals surface area contributed by atoms with Crippen molar-refractivity contribution in [3.05, 3.63) is 60.3 Å². The molecule has 26 heavy (non-hydrogen) atoms.